The van der Waals surface area contributed by atoms with Gasteiger partial charge in [0.15, 0.2) is 11.6 Å². The van der Waals surface area contributed by atoms with Gasteiger partial charge in [-0.2, -0.15) is 0 Å². The van der Waals surface area contributed by atoms with Crippen LogP contribution in [-0.4, -0.2) is 16.0 Å². The van der Waals surface area contributed by atoms with Crippen LogP contribution in [0, 0.1) is 21.7 Å². The molecule has 8 heteroatoms. The lowest BCUT2D eigenvalue weighted by Gasteiger charge is -2.05. The molecule has 1 N–H and O–H groups in total. The molecule has 6 nitrogen and oxygen atoms in total. The van der Waals surface area contributed by atoms with Crippen molar-refractivity contribution in [1.29, 1.82) is 0 Å². The van der Waals surface area contributed by atoms with Crippen molar-refractivity contribution in [3.63, 3.8) is 0 Å². The molecule has 0 spiro atoms. The Bertz CT molecular complexity index is 666. The monoisotopic (exact) mass is 269 g/mol. The van der Waals surface area contributed by atoms with Gasteiger partial charge in [0.2, 0.25) is 0 Å². The van der Waals surface area contributed by atoms with Crippen LogP contribution in [0.15, 0.2) is 28.9 Å². The minimum Gasteiger partial charge on any atom is -0.478 e. The largest absolute Gasteiger partial charge is 0.478 e. The SMILES string of the molecule is O=C(O)c1cc([N+](=O)[O-])c(-c2ccco2)c(F)c1F. The highest BCUT2D eigenvalue weighted by molar-refractivity contribution is 5.90. The number of carbonyl (C=O) groups is 1. The standard InChI is InChI=1S/C11H5F2NO5/c12-9-5(11(15)16)4-6(14(17)18)8(10(9)13)7-2-1-3-19-7/h1-4H,(H,15,16). The molecule has 1 aromatic heterocycles. The molecule has 0 saturated carbocycles. The van der Waals surface area contributed by atoms with E-state index in [0.29, 0.717) is 6.07 Å². The highest BCUT2D eigenvalue weighted by Gasteiger charge is 2.30. The Hall–Kier alpha value is -2.77. The van der Waals surface area contributed by atoms with Crippen molar-refractivity contribution in [3.05, 3.63) is 51.8 Å². The number of rotatable bonds is 3. The number of nitro groups is 1. The van der Waals surface area contributed by atoms with Gasteiger partial charge in [-0.15, -0.1) is 0 Å². The quantitative estimate of drug-likeness (QED) is 0.683. The van der Waals surface area contributed by atoms with Crippen LogP contribution in [0.5, 0.6) is 0 Å². The second-order valence-corrected chi connectivity index (χ2v) is 3.49. The summed E-state index contributed by atoms with van der Waals surface area (Å²) < 4.78 is 32.1. The maximum absolute atomic E-state index is 13.8. The Morgan fingerprint density at radius 3 is 2.53 bits per heavy atom. The van der Waals surface area contributed by atoms with Crippen molar-refractivity contribution in [2.75, 3.05) is 0 Å². The summed E-state index contributed by atoms with van der Waals surface area (Å²) in [5.74, 6) is -5.38. The Morgan fingerprint density at radius 1 is 1.37 bits per heavy atom. The average molecular weight is 269 g/mol. The molecule has 0 fully saturated rings. The van der Waals surface area contributed by atoms with E-state index in [1.165, 1.54) is 12.1 Å². The van der Waals surface area contributed by atoms with Crippen molar-refractivity contribution in [3.8, 4) is 11.3 Å². The van der Waals surface area contributed by atoms with Gasteiger partial charge < -0.3 is 9.52 Å². The van der Waals surface area contributed by atoms with Crippen molar-refractivity contribution in [2.24, 2.45) is 0 Å². The van der Waals surface area contributed by atoms with Crippen LogP contribution in [0.2, 0.25) is 0 Å². The number of carboxylic acids is 1. The van der Waals surface area contributed by atoms with Crippen LogP contribution >= 0.6 is 0 Å². The summed E-state index contributed by atoms with van der Waals surface area (Å²) in [5.41, 5.74) is -2.72. The smallest absolute Gasteiger partial charge is 0.339 e. The number of halogens is 2. The van der Waals surface area contributed by atoms with Crippen LogP contribution in [0.4, 0.5) is 14.5 Å². The van der Waals surface area contributed by atoms with E-state index in [1.54, 1.807) is 0 Å². The van der Waals surface area contributed by atoms with Gasteiger partial charge in [-0.1, -0.05) is 0 Å². The molecule has 0 bridgehead atoms. The van der Waals surface area contributed by atoms with E-state index in [1.807, 2.05) is 0 Å². The van der Waals surface area contributed by atoms with Gasteiger partial charge in [-0.3, -0.25) is 10.1 Å². The number of carboxylic acid groups (broad SMARTS) is 1. The van der Waals surface area contributed by atoms with Crippen molar-refractivity contribution < 1.29 is 28.0 Å². The van der Waals surface area contributed by atoms with Crippen LogP contribution in [0.3, 0.4) is 0 Å². The molecule has 0 amide bonds. The lowest BCUT2D eigenvalue weighted by molar-refractivity contribution is -0.384. The fraction of sp³-hybridized carbons (Fsp3) is 0. The number of hydrogen-bond acceptors (Lipinski definition) is 4. The van der Waals surface area contributed by atoms with Crippen LogP contribution in [0.1, 0.15) is 10.4 Å². The molecular formula is C11H5F2NO5. The summed E-state index contributed by atoms with van der Waals surface area (Å²) in [6.07, 6.45) is 1.13. The summed E-state index contributed by atoms with van der Waals surface area (Å²) in [7, 11) is 0. The molecule has 0 aliphatic carbocycles. The maximum atomic E-state index is 13.8. The minimum absolute atomic E-state index is 0.264. The van der Waals surface area contributed by atoms with E-state index >= 15 is 0 Å². The molecule has 2 rings (SSSR count). The zero-order chi connectivity index (χ0) is 14.2. The first-order valence-electron chi connectivity index (χ1n) is 4.87. The lowest BCUT2D eigenvalue weighted by atomic mass is 10.1. The predicted molar refractivity (Wildman–Crippen MR) is 57.7 cm³/mol. The fourth-order valence-corrected chi connectivity index (χ4v) is 1.57. The number of benzene rings is 1. The molecule has 19 heavy (non-hydrogen) atoms. The van der Waals surface area contributed by atoms with Crippen molar-refractivity contribution >= 4 is 11.7 Å². The Morgan fingerprint density at radius 2 is 2.05 bits per heavy atom. The van der Waals surface area contributed by atoms with Gasteiger partial charge >= 0.3 is 5.97 Å². The Labute approximate surface area is 104 Å². The molecule has 0 unspecified atom stereocenters. The first-order chi connectivity index (χ1) is 8.93. The lowest BCUT2D eigenvalue weighted by Crippen LogP contribution is -2.07. The molecule has 0 saturated heterocycles. The highest BCUT2D eigenvalue weighted by Crippen LogP contribution is 2.35. The first-order valence-corrected chi connectivity index (χ1v) is 4.87. The van der Waals surface area contributed by atoms with Crippen LogP contribution in [-0.2, 0) is 0 Å². The number of nitro benzene ring substituents is 1. The van der Waals surface area contributed by atoms with E-state index in [2.05, 4.69) is 0 Å². The van der Waals surface area contributed by atoms with E-state index in [9.17, 15) is 23.7 Å². The first kappa shape index (κ1) is 12.7. The molecule has 1 aromatic carbocycles. The van der Waals surface area contributed by atoms with E-state index < -0.39 is 39.3 Å². The topological polar surface area (TPSA) is 93.6 Å². The van der Waals surface area contributed by atoms with Gasteiger partial charge in [-0.25, -0.2) is 13.6 Å². The van der Waals surface area contributed by atoms with Gasteiger partial charge in [0.1, 0.15) is 16.9 Å². The van der Waals surface area contributed by atoms with Gasteiger partial charge in [0.25, 0.3) is 5.69 Å². The molecule has 1 heterocycles. The van der Waals surface area contributed by atoms with Crippen LogP contribution in [0.25, 0.3) is 11.3 Å². The number of nitrogens with zero attached hydrogens (tertiary/aromatic N) is 1. The maximum Gasteiger partial charge on any atom is 0.339 e. The van der Waals surface area contributed by atoms with Crippen molar-refractivity contribution in [2.45, 2.75) is 0 Å². The van der Waals surface area contributed by atoms with E-state index in [-0.39, 0.29) is 5.76 Å². The molecule has 0 aliphatic rings. The summed E-state index contributed by atoms with van der Waals surface area (Å²) in [6, 6.07) is 2.99. The summed E-state index contributed by atoms with van der Waals surface area (Å²) in [4.78, 5) is 20.5. The normalized spacial score (nSPS) is 10.4. The fourth-order valence-electron chi connectivity index (χ4n) is 1.57. The Kier molecular flexibility index (Phi) is 2.99. The summed E-state index contributed by atoms with van der Waals surface area (Å²) in [5, 5.41) is 19.5. The molecule has 0 radical (unpaired) electrons. The van der Waals surface area contributed by atoms with Gasteiger partial charge in [-0.05, 0) is 12.1 Å². The van der Waals surface area contributed by atoms with Crippen LogP contribution < -0.4 is 0 Å². The number of aromatic carboxylic acids is 1. The molecule has 2 aromatic rings. The molecule has 0 aliphatic heterocycles. The number of hydrogen-bond donors (Lipinski definition) is 1. The van der Waals surface area contributed by atoms with E-state index in [0.717, 1.165) is 6.26 Å². The second kappa shape index (κ2) is 4.48. The second-order valence-electron chi connectivity index (χ2n) is 3.49. The molecule has 0 atom stereocenters. The van der Waals surface area contributed by atoms with E-state index in [4.69, 9.17) is 9.52 Å². The minimum atomic E-state index is -1.80. The summed E-state index contributed by atoms with van der Waals surface area (Å²) >= 11 is 0. The van der Waals surface area contributed by atoms with Gasteiger partial charge in [0.05, 0.1) is 11.2 Å². The average Bonchev–Trinajstić information content (AvgIpc) is 2.84. The number of furan rings is 1. The zero-order valence-corrected chi connectivity index (χ0v) is 9.09. The predicted octanol–water partition coefficient (Wildman–Crippen LogP) is 2.83. The summed E-state index contributed by atoms with van der Waals surface area (Å²) in [6.45, 7) is 0. The Balaban J connectivity index is 2.83. The highest BCUT2D eigenvalue weighted by atomic mass is 19.2. The van der Waals surface area contributed by atoms with Crippen molar-refractivity contribution in [1.82, 2.24) is 0 Å². The molecule has 98 valence electrons. The molecular weight excluding hydrogens is 264 g/mol. The third kappa shape index (κ3) is 2.03. The third-order valence-electron chi connectivity index (χ3n) is 2.38. The zero-order valence-electron chi connectivity index (χ0n) is 9.09. The third-order valence-corrected chi connectivity index (χ3v) is 2.38. The van der Waals surface area contributed by atoms with Gasteiger partial charge in [0, 0.05) is 6.07 Å².